The maximum absolute atomic E-state index is 12.2. The molecular weight excluding hydrogens is 286 g/mol. The maximum atomic E-state index is 12.2. The Morgan fingerprint density at radius 2 is 2.38 bits per heavy atom. The summed E-state index contributed by atoms with van der Waals surface area (Å²) in [6.45, 7) is 5.61. The summed E-state index contributed by atoms with van der Waals surface area (Å²) in [5, 5.41) is 6.97. The quantitative estimate of drug-likeness (QED) is 0.849. The van der Waals surface area contributed by atoms with Gasteiger partial charge >= 0.3 is 0 Å². The highest BCUT2D eigenvalue weighted by Crippen LogP contribution is 2.15. The molecule has 2 N–H and O–H groups in total. The summed E-state index contributed by atoms with van der Waals surface area (Å²) in [6, 6.07) is 7.73. The van der Waals surface area contributed by atoms with Crippen molar-refractivity contribution in [2.24, 2.45) is 0 Å². The fourth-order valence-electron chi connectivity index (χ4n) is 2.77. The molecule has 1 aliphatic rings. The first-order valence-corrected chi connectivity index (χ1v) is 8.07. The monoisotopic (exact) mass is 309 g/mol. The lowest BCUT2D eigenvalue weighted by Gasteiger charge is -2.34. The first kappa shape index (κ1) is 16.3. The van der Waals surface area contributed by atoms with Crippen LogP contribution in [0.5, 0.6) is 0 Å². The Balaban J connectivity index is 1.91. The van der Waals surface area contributed by atoms with Crippen LogP contribution in [0.4, 0.5) is 5.69 Å². The summed E-state index contributed by atoms with van der Waals surface area (Å²) in [5.74, 6) is 0.0243. The zero-order valence-corrected chi connectivity index (χ0v) is 13.3. The van der Waals surface area contributed by atoms with Gasteiger partial charge in [-0.3, -0.25) is 9.69 Å². The highest BCUT2D eigenvalue weighted by Gasteiger charge is 2.22. The smallest absolute Gasteiger partial charge is 0.238 e. The van der Waals surface area contributed by atoms with Crippen molar-refractivity contribution in [3.8, 4) is 0 Å². The van der Waals surface area contributed by atoms with Crippen LogP contribution in [-0.4, -0.2) is 43.0 Å². The van der Waals surface area contributed by atoms with E-state index in [1.165, 1.54) is 6.42 Å². The van der Waals surface area contributed by atoms with Gasteiger partial charge in [0.2, 0.25) is 5.91 Å². The van der Waals surface area contributed by atoms with Crippen LogP contribution in [-0.2, 0) is 4.79 Å². The molecular formula is C16H24ClN3O. The van der Waals surface area contributed by atoms with Gasteiger partial charge in [-0.2, -0.15) is 0 Å². The molecule has 21 heavy (non-hydrogen) atoms. The Labute approximate surface area is 131 Å². The lowest BCUT2D eigenvalue weighted by Crippen LogP contribution is -2.48. The molecule has 1 heterocycles. The lowest BCUT2D eigenvalue weighted by molar-refractivity contribution is -0.118. The fraction of sp³-hybridized carbons (Fsp3) is 0.562. The molecule has 0 aromatic heterocycles. The average molecular weight is 310 g/mol. The van der Waals surface area contributed by atoms with Gasteiger partial charge in [-0.05, 0) is 50.6 Å². The van der Waals surface area contributed by atoms with E-state index in [2.05, 4.69) is 22.5 Å². The number of carbonyl (C=O) groups excluding carboxylic acids is 1. The van der Waals surface area contributed by atoms with Crippen molar-refractivity contribution in [1.29, 1.82) is 0 Å². The molecule has 0 spiro atoms. The molecule has 0 bridgehead atoms. The number of benzene rings is 1. The SMILES string of the molecule is CCCN(CC(=O)Nc1cccc(Cl)c1)C1CCCNC1. The van der Waals surface area contributed by atoms with Crippen LogP contribution in [0.3, 0.4) is 0 Å². The van der Waals surface area contributed by atoms with Crippen molar-refractivity contribution >= 4 is 23.2 Å². The number of piperidine rings is 1. The number of hydrogen-bond donors (Lipinski definition) is 2. The van der Waals surface area contributed by atoms with E-state index in [9.17, 15) is 4.79 Å². The second kappa shape index (κ2) is 8.37. The number of carbonyl (C=O) groups is 1. The summed E-state index contributed by atoms with van der Waals surface area (Å²) in [5.41, 5.74) is 0.755. The minimum Gasteiger partial charge on any atom is -0.325 e. The van der Waals surface area contributed by atoms with Gasteiger partial charge < -0.3 is 10.6 Å². The molecule has 1 fully saturated rings. The number of halogens is 1. The zero-order chi connectivity index (χ0) is 15.1. The lowest BCUT2D eigenvalue weighted by atomic mass is 10.1. The normalized spacial score (nSPS) is 18.7. The Morgan fingerprint density at radius 3 is 3.05 bits per heavy atom. The summed E-state index contributed by atoms with van der Waals surface area (Å²) < 4.78 is 0. The van der Waals surface area contributed by atoms with E-state index < -0.39 is 0 Å². The van der Waals surface area contributed by atoms with E-state index in [-0.39, 0.29) is 5.91 Å². The summed E-state index contributed by atoms with van der Waals surface area (Å²) in [7, 11) is 0. The molecule has 1 unspecified atom stereocenters. The molecule has 0 aliphatic carbocycles. The van der Waals surface area contributed by atoms with E-state index in [1.54, 1.807) is 12.1 Å². The Hall–Kier alpha value is -1.10. The number of anilines is 1. The second-order valence-corrected chi connectivity index (χ2v) is 5.97. The molecule has 1 aromatic carbocycles. The molecule has 0 radical (unpaired) electrons. The van der Waals surface area contributed by atoms with Gasteiger partial charge in [0.25, 0.3) is 0 Å². The predicted molar refractivity (Wildman–Crippen MR) is 87.8 cm³/mol. The van der Waals surface area contributed by atoms with Crippen molar-refractivity contribution < 1.29 is 4.79 Å². The molecule has 1 aliphatic heterocycles. The van der Waals surface area contributed by atoms with Crippen LogP contribution >= 0.6 is 11.6 Å². The summed E-state index contributed by atoms with van der Waals surface area (Å²) >= 11 is 5.94. The van der Waals surface area contributed by atoms with Gasteiger partial charge in [0.15, 0.2) is 0 Å². The third-order valence-corrected chi connectivity index (χ3v) is 3.99. The van der Waals surface area contributed by atoms with Crippen LogP contribution in [0, 0.1) is 0 Å². The first-order valence-electron chi connectivity index (χ1n) is 7.69. The van der Waals surface area contributed by atoms with Gasteiger partial charge in [-0.25, -0.2) is 0 Å². The van der Waals surface area contributed by atoms with Crippen LogP contribution in [0.15, 0.2) is 24.3 Å². The van der Waals surface area contributed by atoms with Crippen LogP contribution in [0.2, 0.25) is 5.02 Å². The Kier molecular flexibility index (Phi) is 6.49. The minimum atomic E-state index is 0.0243. The van der Waals surface area contributed by atoms with Gasteiger partial charge in [0, 0.05) is 23.3 Å². The Morgan fingerprint density at radius 1 is 1.52 bits per heavy atom. The standard InChI is InChI=1S/C16H24ClN3O/c1-2-9-20(15-7-4-8-18-11-15)12-16(21)19-14-6-3-5-13(17)10-14/h3,5-6,10,15,18H,2,4,7-9,11-12H2,1H3,(H,19,21). The van der Waals surface area contributed by atoms with Gasteiger partial charge in [0.05, 0.1) is 6.54 Å². The van der Waals surface area contributed by atoms with Crippen molar-refractivity contribution in [1.82, 2.24) is 10.2 Å². The van der Waals surface area contributed by atoms with E-state index in [0.717, 1.165) is 38.2 Å². The summed E-state index contributed by atoms with van der Waals surface area (Å²) in [4.78, 5) is 14.5. The van der Waals surface area contributed by atoms with Crippen molar-refractivity contribution in [2.45, 2.75) is 32.2 Å². The van der Waals surface area contributed by atoms with Gasteiger partial charge in [0.1, 0.15) is 0 Å². The van der Waals surface area contributed by atoms with Crippen LogP contribution < -0.4 is 10.6 Å². The largest absolute Gasteiger partial charge is 0.325 e. The zero-order valence-electron chi connectivity index (χ0n) is 12.6. The van der Waals surface area contributed by atoms with Crippen LogP contribution in [0.1, 0.15) is 26.2 Å². The molecule has 1 amide bonds. The van der Waals surface area contributed by atoms with E-state index in [1.807, 2.05) is 12.1 Å². The predicted octanol–water partition coefficient (Wildman–Crippen LogP) is 2.74. The fourth-order valence-corrected chi connectivity index (χ4v) is 2.96. The first-order chi connectivity index (χ1) is 10.2. The van der Waals surface area contributed by atoms with Crippen LogP contribution in [0.25, 0.3) is 0 Å². The number of nitrogens with one attached hydrogen (secondary N) is 2. The highest BCUT2D eigenvalue weighted by molar-refractivity contribution is 6.30. The topological polar surface area (TPSA) is 44.4 Å². The number of amides is 1. The average Bonchev–Trinajstić information content (AvgIpc) is 2.47. The molecule has 0 saturated carbocycles. The second-order valence-electron chi connectivity index (χ2n) is 5.53. The van der Waals surface area contributed by atoms with Crippen molar-refractivity contribution in [3.63, 3.8) is 0 Å². The molecule has 1 saturated heterocycles. The third kappa shape index (κ3) is 5.30. The number of nitrogens with zero attached hydrogens (tertiary/aromatic N) is 1. The molecule has 1 atom stereocenters. The third-order valence-electron chi connectivity index (χ3n) is 3.75. The van der Waals surface area contributed by atoms with Crippen molar-refractivity contribution in [2.75, 3.05) is 31.5 Å². The Bertz CT molecular complexity index is 461. The maximum Gasteiger partial charge on any atom is 0.238 e. The highest BCUT2D eigenvalue weighted by atomic mass is 35.5. The van der Waals surface area contributed by atoms with Crippen molar-refractivity contribution in [3.05, 3.63) is 29.3 Å². The van der Waals surface area contributed by atoms with E-state index >= 15 is 0 Å². The van der Waals surface area contributed by atoms with E-state index in [0.29, 0.717) is 17.6 Å². The molecule has 1 aromatic rings. The number of rotatable bonds is 6. The molecule has 116 valence electrons. The molecule has 4 nitrogen and oxygen atoms in total. The van der Waals surface area contributed by atoms with Gasteiger partial charge in [-0.1, -0.05) is 24.6 Å². The molecule has 5 heteroatoms. The summed E-state index contributed by atoms with van der Waals surface area (Å²) in [6.07, 6.45) is 3.40. The molecule has 2 rings (SSSR count). The number of hydrogen-bond acceptors (Lipinski definition) is 3. The van der Waals surface area contributed by atoms with E-state index in [4.69, 9.17) is 11.6 Å². The van der Waals surface area contributed by atoms with Gasteiger partial charge in [-0.15, -0.1) is 0 Å². The minimum absolute atomic E-state index is 0.0243.